The van der Waals surface area contributed by atoms with Crippen LogP contribution in [-0.4, -0.2) is 48.1 Å². The van der Waals surface area contributed by atoms with Crippen molar-refractivity contribution in [2.24, 2.45) is 5.92 Å². The number of likely N-dealkylation sites (tertiary alicyclic amines) is 1. The van der Waals surface area contributed by atoms with Crippen LogP contribution in [0.1, 0.15) is 18.4 Å². The van der Waals surface area contributed by atoms with Gasteiger partial charge in [-0.25, -0.2) is 0 Å². The van der Waals surface area contributed by atoms with E-state index in [-0.39, 0.29) is 23.6 Å². The number of aryl methyl sites for hydroxylation is 1. The minimum absolute atomic E-state index is 0.146. The van der Waals surface area contributed by atoms with Crippen LogP contribution in [0.2, 0.25) is 0 Å². The molecular formula is C23H25N3O4S. The molecule has 8 heteroatoms. The number of hydrogen-bond donors (Lipinski definition) is 2. The molecule has 162 valence electrons. The van der Waals surface area contributed by atoms with Gasteiger partial charge in [0, 0.05) is 18.0 Å². The Morgan fingerprint density at radius 2 is 2.03 bits per heavy atom. The van der Waals surface area contributed by atoms with E-state index in [0.29, 0.717) is 37.4 Å². The lowest BCUT2D eigenvalue weighted by Crippen LogP contribution is -2.50. The van der Waals surface area contributed by atoms with Crippen LogP contribution in [0.4, 0.5) is 11.4 Å². The van der Waals surface area contributed by atoms with Gasteiger partial charge in [-0.05, 0) is 49.6 Å². The van der Waals surface area contributed by atoms with Gasteiger partial charge in [-0.15, -0.1) is 11.8 Å². The molecule has 0 saturated carbocycles. The molecule has 2 aromatic rings. The van der Waals surface area contributed by atoms with Crippen molar-refractivity contribution >= 4 is 40.9 Å². The molecule has 1 fully saturated rings. The number of carbonyl (C=O) groups is 3. The Morgan fingerprint density at radius 3 is 2.84 bits per heavy atom. The van der Waals surface area contributed by atoms with Crippen molar-refractivity contribution in [3.05, 3.63) is 48.0 Å². The Labute approximate surface area is 185 Å². The van der Waals surface area contributed by atoms with Gasteiger partial charge in [0.1, 0.15) is 5.75 Å². The second-order valence-electron chi connectivity index (χ2n) is 7.80. The number of benzene rings is 2. The molecule has 2 atom stereocenters. The standard InChI is InChI=1S/C23H25N3O4S/c1-14-9-10-18(30-2)17(12-14)25-21(27)15-6-5-11-26(13-15)23(29)20-22(28)24-16-7-3-4-8-19(16)31-20/h3-4,7-10,12,15,20H,5-6,11,13H2,1-2H3,(H,24,28)(H,25,27)/t15-,20-/m1/s1. The van der Waals surface area contributed by atoms with E-state index in [2.05, 4.69) is 10.6 Å². The Balaban J connectivity index is 1.44. The maximum absolute atomic E-state index is 13.1. The number of fused-ring (bicyclic) bond motifs is 1. The molecule has 2 aromatic carbocycles. The van der Waals surface area contributed by atoms with E-state index in [0.717, 1.165) is 16.1 Å². The van der Waals surface area contributed by atoms with Crippen molar-refractivity contribution in [1.82, 2.24) is 4.90 Å². The molecule has 3 amide bonds. The Hall–Kier alpha value is -3.00. The highest BCUT2D eigenvalue weighted by Gasteiger charge is 2.38. The molecule has 7 nitrogen and oxygen atoms in total. The summed E-state index contributed by atoms with van der Waals surface area (Å²) in [6.07, 6.45) is 1.40. The average Bonchev–Trinajstić information content (AvgIpc) is 2.78. The number of ether oxygens (including phenoxy) is 1. The first kappa shape index (κ1) is 21.2. The zero-order valence-corrected chi connectivity index (χ0v) is 18.3. The molecule has 0 spiro atoms. The Kier molecular flexibility index (Phi) is 6.18. The number of amides is 3. The number of piperidine rings is 1. The summed E-state index contributed by atoms with van der Waals surface area (Å²) in [5, 5.41) is 4.92. The lowest BCUT2D eigenvalue weighted by Gasteiger charge is -2.35. The molecule has 0 aliphatic carbocycles. The van der Waals surface area contributed by atoms with E-state index in [1.54, 1.807) is 12.0 Å². The van der Waals surface area contributed by atoms with Crippen molar-refractivity contribution in [1.29, 1.82) is 0 Å². The predicted molar refractivity (Wildman–Crippen MR) is 120 cm³/mol. The molecule has 31 heavy (non-hydrogen) atoms. The smallest absolute Gasteiger partial charge is 0.247 e. The summed E-state index contributed by atoms with van der Waals surface area (Å²) in [7, 11) is 1.56. The normalized spacial score (nSPS) is 20.5. The van der Waals surface area contributed by atoms with Gasteiger partial charge >= 0.3 is 0 Å². The number of thioether (sulfide) groups is 1. The number of rotatable bonds is 4. The van der Waals surface area contributed by atoms with Crippen molar-refractivity contribution < 1.29 is 19.1 Å². The fourth-order valence-corrected chi connectivity index (χ4v) is 5.00. The SMILES string of the molecule is COc1ccc(C)cc1NC(=O)[C@@H]1CCCN(C(=O)[C@@H]2Sc3ccccc3NC2=O)C1. The summed E-state index contributed by atoms with van der Waals surface area (Å²) in [6.45, 7) is 2.79. The lowest BCUT2D eigenvalue weighted by molar-refractivity contribution is -0.136. The highest BCUT2D eigenvalue weighted by atomic mass is 32.2. The largest absolute Gasteiger partial charge is 0.495 e. The first-order valence-corrected chi connectivity index (χ1v) is 11.1. The second kappa shape index (κ2) is 9.01. The summed E-state index contributed by atoms with van der Waals surface area (Å²) in [6, 6.07) is 13.0. The van der Waals surface area contributed by atoms with Gasteiger partial charge in [0.2, 0.25) is 17.7 Å². The summed E-state index contributed by atoms with van der Waals surface area (Å²) in [4.78, 5) is 41.1. The maximum atomic E-state index is 13.1. The number of hydrogen-bond acceptors (Lipinski definition) is 5. The summed E-state index contributed by atoms with van der Waals surface area (Å²) < 4.78 is 5.34. The molecule has 2 N–H and O–H groups in total. The first-order valence-electron chi connectivity index (χ1n) is 10.3. The summed E-state index contributed by atoms with van der Waals surface area (Å²) >= 11 is 1.27. The lowest BCUT2D eigenvalue weighted by atomic mass is 9.96. The van der Waals surface area contributed by atoms with E-state index in [4.69, 9.17) is 4.74 Å². The number of nitrogens with zero attached hydrogens (tertiary/aromatic N) is 1. The van der Waals surface area contributed by atoms with Crippen LogP contribution in [0.3, 0.4) is 0 Å². The summed E-state index contributed by atoms with van der Waals surface area (Å²) in [5.74, 6) is -0.455. The molecule has 2 aliphatic rings. The van der Waals surface area contributed by atoms with E-state index in [1.165, 1.54) is 11.8 Å². The van der Waals surface area contributed by atoms with Crippen molar-refractivity contribution in [2.75, 3.05) is 30.8 Å². The van der Waals surface area contributed by atoms with Crippen molar-refractivity contribution in [3.63, 3.8) is 0 Å². The highest BCUT2D eigenvalue weighted by molar-refractivity contribution is 8.01. The zero-order chi connectivity index (χ0) is 22.0. The third-order valence-corrected chi connectivity index (χ3v) is 6.83. The quantitative estimate of drug-likeness (QED) is 0.714. The van der Waals surface area contributed by atoms with Crippen LogP contribution in [0.5, 0.6) is 5.75 Å². The molecule has 0 unspecified atom stereocenters. The van der Waals surface area contributed by atoms with Gasteiger partial charge in [0.25, 0.3) is 0 Å². The van der Waals surface area contributed by atoms with Gasteiger partial charge in [0.05, 0.1) is 24.4 Å². The fourth-order valence-electron chi connectivity index (χ4n) is 3.93. The molecule has 2 aliphatic heterocycles. The molecule has 0 radical (unpaired) electrons. The molecule has 0 bridgehead atoms. The Bertz CT molecular complexity index is 1030. The van der Waals surface area contributed by atoms with Gasteiger partial charge in [0.15, 0.2) is 5.25 Å². The van der Waals surface area contributed by atoms with Gasteiger partial charge in [-0.1, -0.05) is 18.2 Å². The van der Waals surface area contributed by atoms with Crippen LogP contribution in [0.15, 0.2) is 47.4 Å². The minimum atomic E-state index is -0.839. The third-order valence-electron chi connectivity index (χ3n) is 5.57. The second-order valence-corrected chi connectivity index (χ2v) is 8.95. The minimum Gasteiger partial charge on any atom is -0.495 e. The van der Waals surface area contributed by atoms with Crippen LogP contribution >= 0.6 is 11.8 Å². The van der Waals surface area contributed by atoms with Crippen LogP contribution in [-0.2, 0) is 14.4 Å². The van der Waals surface area contributed by atoms with Crippen molar-refractivity contribution in [3.8, 4) is 5.75 Å². The third kappa shape index (κ3) is 4.54. The predicted octanol–water partition coefficient (Wildman–Crippen LogP) is 3.29. The number of carbonyl (C=O) groups excluding carboxylic acids is 3. The number of methoxy groups -OCH3 is 1. The molecule has 1 saturated heterocycles. The molecule has 2 heterocycles. The van der Waals surface area contributed by atoms with Crippen LogP contribution in [0, 0.1) is 12.8 Å². The van der Waals surface area contributed by atoms with Gasteiger partial charge in [-0.3, -0.25) is 14.4 Å². The average molecular weight is 440 g/mol. The van der Waals surface area contributed by atoms with Gasteiger partial charge in [-0.2, -0.15) is 0 Å². The monoisotopic (exact) mass is 439 g/mol. The topological polar surface area (TPSA) is 87.7 Å². The van der Waals surface area contributed by atoms with E-state index >= 15 is 0 Å². The van der Waals surface area contributed by atoms with Crippen molar-refractivity contribution in [2.45, 2.75) is 29.9 Å². The molecular weight excluding hydrogens is 414 g/mol. The van der Waals surface area contributed by atoms with Crippen LogP contribution < -0.4 is 15.4 Å². The van der Waals surface area contributed by atoms with Gasteiger partial charge < -0.3 is 20.3 Å². The van der Waals surface area contributed by atoms with E-state index in [1.807, 2.05) is 49.4 Å². The highest BCUT2D eigenvalue weighted by Crippen LogP contribution is 2.36. The summed E-state index contributed by atoms with van der Waals surface area (Å²) in [5.41, 5.74) is 2.36. The van der Waals surface area contributed by atoms with E-state index in [9.17, 15) is 14.4 Å². The molecule has 4 rings (SSSR count). The van der Waals surface area contributed by atoms with Crippen LogP contribution in [0.25, 0.3) is 0 Å². The maximum Gasteiger partial charge on any atom is 0.247 e. The molecule has 0 aromatic heterocycles. The first-order chi connectivity index (χ1) is 15.0. The number of nitrogens with one attached hydrogen (secondary N) is 2. The number of anilines is 2. The number of para-hydroxylation sites is 1. The zero-order valence-electron chi connectivity index (χ0n) is 17.5. The Morgan fingerprint density at radius 1 is 1.23 bits per heavy atom. The van der Waals surface area contributed by atoms with E-state index < -0.39 is 5.25 Å². The fraction of sp³-hybridized carbons (Fsp3) is 0.348.